The minimum Gasteiger partial charge on any atom is -0.388 e. The molecule has 0 saturated carbocycles. The number of hydrogen-bond acceptors (Lipinski definition) is 3. The fourth-order valence-corrected chi connectivity index (χ4v) is 1.58. The number of anilines is 3. The van der Waals surface area contributed by atoms with Crippen molar-refractivity contribution in [1.82, 2.24) is 0 Å². The summed E-state index contributed by atoms with van der Waals surface area (Å²) in [6, 6.07) is 5.84. The summed E-state index contributed by atoms with van der Waals surface area (Å²) in [5.41, 5.74) is 2.22. The molecular weight excluding hydrogens is 190 g/mol. The summed E-state index contributed by atoms with van der Waals surface area (Å²) < 4.78 is 0. The van der Waals surface area contributed by atoms with E-state index in [1.165, 1.54) is 0 Å². The molecule has 1 aromatic rings. The van der Waals surface area contributed by atoms with Crippen LogP contribution in [-0.2, 0) is 4.79 Å². The van der Waals surface area contributed by atoms with Gasteiger partial charge in [-0.2, -0.15) is 0 Å². The molecule has 80 valence electrons. The van der Waals surface area contributed by atoms with E-state index in [9.17, 15) is 4.79 Å². The minimum atomic E-state index is -0.547. The second kappa shape index (κ2) is 3.15. The number of carbonyl (C=O) groups is 1. The van der Waals surface area contributed by atoms with Crippen LogP contribution in [0.3, 0.4) is 0 Å². The SMILES string of the molecule is CNc1ccc2c(c1)NC(=O)C(C)(C)N2. The molecule has 1 amide bonds. The van der Waals surface area contributed by atoms with Gasteiger partial charge in [-0.05, 0) is 32.0 Å². The van der Waals surface area contributed by atoms with Gasteiger partial charge >= 0.3 is 0 Å². The van der Waals surface area contributed by atoms with Gasteiger partial charge in [-0.1, -0.05) is 0 Å². The van der Waals surface area contributed by atoms with Crippen LogP contribution < -0.4 is 16.0 Å². The Bertz CT molecular complexity index is 412. The zero-order valence-electron chi connectivity index (χ0n) is 9.14. The van der Waals surface area contributed by atoms with E-state index >= 15 is 0 Å². The summed E-state index contributed by atoms with van der Waals surface area (Å²) >= 11 is 0. The van der Waals surface area contributed by atoms with E-state index < -0.39 is 5.54 Å². The zero-order valence-corrected chi connectivity index (χ0v) is 9.14. The van der Waals surface area contributed by atoms with Gasteiger partial charge in [-0.3, -0.25) is 4.79 Å². The van der Waals surface area contributed by atoms with Gasteiger partial charge in [0.25, 0.3) is 0 Å². The average molecular weight is 205 g/mol. The fraction of sp³-hybridized carbons (Fsp3) is 0.364. The maximum Gasteiger partial charge on any atom is 0.249 e. The van der Waals surface area contributed by atoms with E-state index in [0.29, 0.717) is 0 Å². The van der Waals surface area contributed by atoms with Crippen LogP contribution in [-0.4, -0.2) is 18.5 Å². The van der Waals surface area contributed by atoms with Gasteiger partial charge < -0.3 is 16.0 Å². The average Bonchev–Trinajstić information content (AvgIpc) is 2.19. The van der Waals surface area contributed by atoms with Crippen LogP contribution in [0.1, 0.15) is 13.8 Å². The molecule has 4 heteroatoms. The Balaban J connectivity index is 2.41. The Morgan fingerprint density at radius 2 is 2.00 bits per heavy atom. The number of carbonyl (C=O) groups excluding carboxylic acids is 1. The van der Waals surface area contributed by atoms with Crippen LogP contribution in [0.2, 0.25) is 0 Å². The van der Waals surface area contributed by atoms with Gasteiger partial charge in [-0.25, -0.2) is 0 Å². The Kier molecular flexibility index (Phi) is 2.07. The summed E-state index contributed by atoms with van der Waals surface area (Å²) in [5, 5.41) is 9.11. The summed E-state index contributed by atoms with van der Waals surface area (Å²) in [4.78, 5) is 11.7. The molecule has 0 spiro atoms. The highest BCUT2D eigenvalue weighted by molar-refractivity contribution is 6.05. The predicted molar refractivity (Wildman–Crippen MR) is 62.3 cm³/mol. The molecule has 0 fully saturated rings. The minimum absolute atomic E-state index is 0.0109. The van der Waals surface area contributed by atoms with Crippen LogP contribution in [0.15, 0.2) is 18.2 Å². The molecule has 1 aliphatic heterocycles. The van der Waals surface area contributed by atoms with Gasteiger partial charge in [0, 0.05) is 12.7 Å². The molecule has 0 bridgehead atoms. The van der Waals surface area contributed by atoms with Crippen molar-refractivity contribution >= 4 is 23.0 Å². The lowest BCUT2D eigenvalue weighted by atomic mass is 10.00. The van der Waals surface area contributed by atoms with Gasteiger partial charge in [0.1, 0.15) is 5.54 Å². The molecule has 1 heterocycles. The molecule has 0 aromatic heterocycles. The van der Waals surface area contributed by atoms with E-state index in [0.717, 1.165) is 17.1 Å². The largest absolute Gasteiger partial charge is 0.388 e. The molecule has 1 aliphatic rings. The second-order valence-corrected chi connectivity index (χ2v) is 4.21. The Morgan fingerprint density at radius 3 is 2.67 bits per heavy atom. The van der Waals surface area contributed by atoms with E-state index in [1.54, 1.807) is 0 Å². The number of amides is 1. The first-order chi connectivity index (χ1) is 7.03. The van der Waals surface area contributed by atoms with Crippen LogP contribution in [0.4, 0.5) is 17.1 Å². The van der Waals surface area contributed by atoms with Crippen LogP contribution in [0.5, 0.6) is 0 Å². The number of fused-ring (bicyclic) bond motifs is 1. The van der Waals surface area contributed by atoms with E-state index in [1.807, 2.05) is 39.1 Å². The van der Waals surface area contributed by atoms with Crippen LogP contribution >= 0.6 is 0 Å². The van der Waals surface area contributed by atoms with Crippen molar-refractivity contribution in [3.63, 3.8) is 0 Å². The van der Waals surface area contributed by atoms with Gasteiger partial charge in [0.2, 0.25) is 5.91 Å². The van der Waals surface area contributed by atoms with Gasteiger partial charge in [0.15, 0.2) is 0 Å². The third kappa shape index (κ3) is 1.63. The summed E-state index contributed by atoms with van der Waals surface area (Å²) in [6.07, 6.45) is 0. The number of nitrogens with one attached hydrogen (secondary N) is 3. The molecule has 3 N–H and O–H groups in total. The normalized spacial score (nSPS) is 17.4. The Hall–Kier alpha value is -1.71. The summed E-state index contributed by atoms with van der Waals surface area (Å²) in [7, 11) is 1.85. The van der Waals surface area contributed by atoms with Crippen molar-refractivity contribution in [2.45, 2.75) is 19.4 Å². The highest BCUT2D eigenvalue weighted by atomic mass is 16.2. The standard InChI is InChI=1S/C11H15N3O/c1-11(2)10(15)13-9-6-7(12-3)4-5-8(9)14-11/h4-6,12,14H,1-3H3,(H,13,15). The Morgan fingerprint density at radius 1 is 1.27 bits per heavy atom. The number of benzene rings is 1. The molecule has 0 aliphatic carbocycles. The highest BCUT2D eigenvalue weighted by Crippen LogP contribution is 2.32. The fourth-order valence-electron chi connectivity index (χ4n) is 1.58. The quantitative estimate of drug-likeness (QED) is 0.656. The van der Waals surface area contributed by atoms with Crippen LogP contribution in [0.25, 0.3) is 0 Å². The third-order valence-electron chi connectivity index (χ3n) is 2.57. The smallest absolute Gasteiger partial charge is 0.249 e. The van der Waals surface area contributed by atoms with Crippen molar-refractivity contribution in [3.05, 3.63) is 18.2 Å². The molecule has 15 heavy (non-hydrogen) atoms. The molecule has 0 atom stereocenters. The first-order valence-corrected chi connectivity index (χ1v) is 4.94. The van der Waals surface area contributed by atoms with Crippen molar-refractivity contribution in [3.8, 4) is 0 Å². The molecule has 0 saturated heterocycles. The lowest BCUT2D eigenvalue weighted by molar-refractivity contribution is -0.119. The summed E-state index contributed by atoms with van der Waals surface area (Å²) in [6.45, 7) is 3.72. The molecule has 0 unspecified atom stereocenters. The van der Waals surface area contributed by atoms with Crippen molar-refractivity contribution in [1.29, 1.82) is 0 Å². The van der Waals surface area contributed by atoms with E-state index in [2.05, 4.69) is 16.0 Å². The third-order valence-corrected chi connectivity index (χ3v) is 2.57. The maximum atomic E-state index is 11.7. The first kappa shape index (κ1) is 9.83. The van der Waals surface area contributed by atoms with Crippen molar-refractivity contribution in [2.24, 2.45) is 0 Å². The van der Waals surface area contributed by atoms with E-state index in [4.69, 9.17) is 0 Å². The Labute approximate surface area is 89.1 Å². The summed E-state index contributed by atoms with van der Waals surface area (Å²) in [5.74, 6) is -0.0109. The van der Waals surface area contributed by atoms with Gasteiger partial charge in [-0.15, -0.1) is 0 Å². The topological polar surface area (TPSA) is 53.2 Å². The van der Waals surface area contributed by atoms with E-state index in [-0.39, 0.29) is 5.91 Å². The van der Waals surface area contributed by atoms with Crippen LogP contribution in [0, 0.1) is 0 Å². The lowest BCUT2D eigenvalue weighted by Gasteiger charge is -2.32. The number of rotatable bonds is 1. The first-order valence-electron chi connectivity index (χ1n) is 4.94. The van der Waals surface area contributed by atoms with Crippen molar-refractivity contribution < 1.29 is 4.79 Å². The lowest BCUT2D eigenvalue weighted by Crippen LogP contribution is -2.47. The van der Waals surface area contributed by atoms with Crippen molar-refractivity contribution in [2.75, 3.05) is 23.0 Å². The molecular formula is C11H15N3O. The predicted octanol–water partition coefficient (Wildman–Crippen LogP) is 1.87. The monoisotopic (exact) mass is 205 g/mol. The molecule has 0 radical (unpaired) electrons. The van der Waals surface area contributed by atoms with Gasteiger partial charge in [0.05, 0.1) is 11.4 Å². The molecule has 1 aromatic carbocycles. The molecule has 2 rings (SSSR count). The number of hydrogen-bond donors (Lipinski definition) is 3. The zero-order chi connectivity index (χ0) is 11.1. The molecule has 4 nitrogen and oxygen atoms in total. The highest BCUT2D eigenvalue weighted by Gasteiger charge is 2.32. The maximum absolute atomic E-state index is 11.7. The second-order valence-electron chi connectivity index (χ2n) is 4.21.